The molecule has 0 aromatic rings. The maximum atomic E-state index is 11.3. The van der Waals surface area contributed by atoms with Crippen molar-refractivity contribution in [3.8, 4) is 0 Å². The zero-order valence-electron chi connectivity index (χ0n) is 7.77. The number of rotatable bonds is 2. The summed E-state index contributed by atoms with van der Waals surface area (Å²) in [4.78, 5) is 23.1. The molecule has 1 heterocycles. The average molecular weight is 219 g/mol. The normalized spacial score (nSPS) is 22.9. The number of aliphatic carboxylic acids is 1. The van der Waals surface area contributed by atoms with Crippen molar-refractivity contribution in [1.82, 2.24) is 4.90 Å². The zero-order chi connectivity index (χ0) is 10.6. The molecule has 0 spiro atoms. The summed E-state index contributed by atoms with van der Waals surface area (Å²) in [5.41, 5.74) is 0. The van der Waals surface area contributed by atoms with Crippen LogP contribution in [0.3, 0.4) is 0 Å². The molecule has 0 bridgehead atoms. The first-order valence-electron chi connectivity index (χ1n) is 4.44. The van der Waals surface area contributed by atoms with Crippen LogP contribution in [0.4, 0.5) is 0 Å². The van der Waals surface area contributed by atoms with Crippen molar-refractivity contribution in [3.05, 3.63) is 0 Å². The van der Waals surface area contributed by atoms with Gasteiger partial charge in [-0.1, -0.05) is 0 Å². The molecule has 0 radical (unpaired) electrons. The highest BCUT2D eigenvalue weighted by Crippen LogP contribution is 2.03. The van der Waals surface area contributed by atoms with Crippen LogP contribution in [0.25, 0.3) is 0 Å². The summed E-state index contributed by atoms with van der Waals surface area (Å²) in [6, 6.07) is 0. The Kier molecular flexibility index (Phi) is 4.06. The van der Waals surface area contributed by atoms with Crippen molar-refractivity contribution in [2.45, 2.75) is 12.8 Å². The molecular formula is C8H13NO4S. The second kappa shape index (κ2) is 5.09. The van der Waals surface area contributed by atoms with E-state index in [4.69, 9.17) is 5.11 Å². The summed E-state index contributed by atoms with van der Waals surface area (Å²) in [5.74, 6) is -0.417. The molecule has 1 saturated heterocycles. The molecule has 1 rings (SSSR count). The number of amides is 1. The van der Waals surface area contributed by atoms with Crippen molar-refractivity contribution in [2.24, 2.45) is 0 Å². The first-order valence-corrected chi connectivity index (χ1v) is 5.93. The molecule has 80 valence electrons. The molecule has 1 fully saturated rings. The van der Waals surface area contributed by atoms with Gasteiger partial charge in [-0.3, -0.25) is 13.8 Å². The van der Waals surface area contributed by atoms with Crippen LogP contribution in [0.15, 0.2) is 0 Å². The third-order valence-electron chi connectivity index (χ3n) is 2.04. The Hall–Kier alpha value is -0.910. The lowest BCUT2D eigenvalue weighted by molar-refractivity contribution is -0.144. The fourth-order valence-electron chi connectivity index (χ4n) is 1.33. The van der Waals surface area contributed by atoms with Crippen LogP contribution in [0.1, 0.15) is 12.8 Å². The van der Waals surface area contributed by atoms with Gasteiger partial charge in [0, 0.05) is 35.4 Å². The quantitative estimate of drug-likeness (QED) is 0.632. The van der Waals surface area contributed by atoms with Gasteiger partial charge in [0.2, 0.25) is 5.91 Å². The largest absolute Gasteiger partial charge is 0.481 e. The molecule has 5 nitrogen and oxygen atoms in total. The molecule has 0 aliphatic carbocycles. The fourth-order valence-corrected chi connectivity index (χ4v) is 2.41. The lowest BCUT2D eigenvalue weighted by Gasteiger charge is -2.18. The Balaban J connectivity index is 2.47. The lowest BCUT2D eigenvalue weighted by Crippen LogP contribution is -2.34. The smallest absolute Gasteiger partial charge is 0.312 e. The van der Waals surface area contributed by atoms with Crippen molar-refractivity contribution in [1.29, 1.82) is 0 Å². The number of carbonyl (C=O) groups excluding carboxylic acids is 1. The van der Waals surface area contributed by atoms with E-state index in [0.717, 1.165) is 0 Å². The molecule has 0 aromatic heterocycles. The molecule has 0 saturated carbocycles. The minimum absolute atomic E-state index is 0.378. The van der Waals surface area contributed by atoms with Gasteiger partial charge in [-0.05, 0) is 6.42 Å². The van der Waals surface area contributed by atoms with Gasteiger partial charge in [0.05, 0.1) is 0 Å². The standard InChI is InChI=1S/C8H13NO4S/c10-7(6-8(11)12)9-2-1-4-14(13)5-3-9/h1-6H2,(H,11,12). The van der Waals surface area contributed by atoms with E-state index in [1.54, 1.807) is 0 Å². The van der Waals surface area contributed by atoms with Gasteiger partial charge in [-0.25, -0.2) is 0 Å². The van der Waals surface area contributed by atoms with Crippen LogP contribution in [-0.4, -0.2) is 50.7 Å². The number of carbonyl (C=O) groups is 2. The van der Waals surface area contributed by atoms with E-state index in [2.05, 4.69) is 0 Å². The van der Waals surface area contributed by atoms with Crippen LogP contribution in [0.5, 0.6) is 0 Å². The maximum absolute atomic E-state index is 11.3. The maximum Gasteiger partial charge on any atom is 0.312 e. The van der Waals surface area contributed by atoms with E-state index in [0.29, 0.717) is 31.0 Å². The van der Waals surface area contributed by atoms with Crippen LogP contribution in [0.2, 0.25) is 0 Å². The molecule has 1 atom stereocenters. The SMILES string of the molecule is O=C(O)CC(=O)N1CCCS(=O)CC1. The number of hydrogen-bond acceptors (Lipinski definition) is 3. The van der Waals surface area contributed by atoms with Gasteiger partial charge in [-0.15, -0.1) is 0 Å². The Morgan fingerprint density at radius 2 is 2.00 bits per heavy atom. The number of carboxylic acids is 1. The predicted octanol–water partition coefficient (Wildman–Crippen LogP) is -0.558. The van der Waals surface area contributed by atoms with E-state index in [1.807, 2.05) is 0 Å². The third kappa shape index (κ3) is 3.45. The van der Waals surface area contributed by atoms with E-state index in [-0.39, 0.29) is 5.91 Å². The topological polar surface area (TPSA) is 74.7 Å². The molecule has 1 aliphatic heterocycles. The monoisotopic (exact) mass is 219 g/mol. The van der Waals surface area contributed by atoms with Gasteiger partial charge in [-0.2, -0.15) is 0 Å². The Morgan fingerprint density at radius 1 is 1.29 bits per heavy atom. The van der Waals surface area contributed by atoms with Crippen molar-refractivity contribution in [3.63, 3.8) is 0 Å². The Labute approximate surface area is 84.5 Å². The summed E-state index contributed by atoms with van der Waals surface area (Å²) >= 11 is 0. The second-order valence-electron chi connectivity index (χ2n) is 3.15. The Morgan fingerprint density at radius 3 is 2.64 bits per heavy atom. The van der Waals surface area contributed by atoms with Gasteiger partial charge in [0.15, 0.2) is 0 Å². The third-order valence-corrected chi connectivity index (χ3v) is 3.43. The van der Waals surface area contributed by atoms with Crippen LogP contribution < -0.4 is 0 Å². The average Bonchev–Trinajstić information content (AvgIpc) is 2.28. The zero-order valence-corrected chi connectivity index (χ0v) is 8.59. The summed E-state index contributed by atoms with van der Waals surface area (Å²) in [7, 11) is -0.849. The van der Waals surface area contributed by atoms with E-state index >= 15 is 0 Å². The molecule has 14 heavy (non-hydrogen) atoms. The summed E-state index contributed by atoms with van der Waals surface area (Å²) in [6.07, 6.45) is 0.227. The minimum Gasteiger partial charge on any atom is -0.481 e. The second-order valence-corrected chi connectivity index (χ2v) is 4.85. The summed E-state index contributed by atoms with van der Waals surface area (Å²) in [5, 5.41) is 8.43. The summed E-state index contributed by atoms with van der Waals surface area (Å²) in [6.45, 7) is 0.941. The highest BCUT2D eigenvalue weighted by molar-refractivity contribution is 7.85. The highest BCUT2D eigenvalue weighted by atomic mass is 32.2. The molecule has 0 aromatic carbocycles. The van der Waals surface area contributed by atoms with Gasteiger partial charge < -0.3 is 10.0 Å². The molecular weight excluding hydrogens is 206 g/mol. The first kappa shape index (κ1) is 11.2. The number of carboxylic acid groups (broad SMARTS) is 1. The van der Waals surface area contributed by atoms with Crippen LogP contribution >= 0.6 is 0 Å². The van der Waals surface area contributed by atoms with Gasteiger partial charge >= 0.3 is 5.97 Å². The van der Waals surface area contributed by atoms with Crippen molar-refractivity contribution in [2.75, 3.05) is 24.6 Å². The van der Waals surface area contributed by atoms with Crippen molar-refractivity contribution >= 4 is 22.7 Å². The Bertz CT molecular complexity index is 266. The highest BCUT2D eigenvalue weighted by Gasteiger charge is 2.19. The number of hydrogen-bond donors (Lipinski definition) is 1. The van der Waals surface area contributed by atoms with Crippen molar-refractivity contribution < 1.29 is 18.9 Å². The van der Waals surface area contributed by atoms with Crippen LogP contribution in [0, 0.1) is 0 Å². The molecule has 1 N–H and O–H groups in total. The molecule has 6 heteroatoms. The van der Waals surface area contributed by atoms with Gasteiger partial charge in [0.1, 0.15) is 6.42 Å². The lowest BCUT2D eigenvalue weighted by atomic mass is 10.3. The van der Waals surface area contributed by atoms with Gasteiger partial charge in [0.25, 0.3) is 0 Å². The first-order chi connectivity index (χ1) is 6.59. The summed E-state index contributed by atoms with van der Waals surface area (Å²) < 4.78 is 11.1. The van der Waals surface area contributed by atoms with E-state index < -0.39 is 23.2 Å². The minimum atomic E-state index is -1.11. The molecule has 1 aliphatic rings. The van der Waals surface area contributed by atoms with Crippen LogP contribution in [-0.2, 0) is 20.4 Å². The predicted molar refractivity (Wildman–Crippen MR) is 51.3 cm³/mol. The van der Waals surface area contributed by atoms with E-state index in [1.165, 1.54) is 4.90 Å². The molecule has 1 unspecified atom stereocenters. The van der Waals surface area contributed by atoms with E-state index in [9.17, 15) is 13.8 Å². The fraction of sp³-hybridized carbons (Fsp3) is 0.750. The number of nitrogens with zero attached hydrogens (tertiary/aromatic N) is 1. The molecule has 1 amide bonds.